The van der Waals surface area contributed by atoms with Gasteiger partial charge in [-0.1, -0.05) is 72.5 Å². The second-order valence-corrected chi connectivity index (χ2v) is 9.20. The number of aryl methyl sites for hydroxylation is 1. The predicted octanol–water partition coefficient (Wildman–Crippen LogP) is 4.87. The van der Waals surface area contributed by atoms with Crippen LogP contribution in [-0.4, -0.2) is 31.3 Å². The van der Waals surface area contributed by atoms with Crippen LogP contribution in [0.4, 0.5) is 0 Å². The van der Waals surface area contributed by atoms with E-state index in [1.807, 2.05) is 55.6 Å². The highest BCUT2D eigenvalue weighted by Crippen LogP contribution is 2.34. The van der Waals surface area contributed by atoms with E-state index in [2.05, 4.69) is 26.8 Å². The lowest BCUT2D eigenvalue weighted by atomic mass is 10.1. The summed E-state index contributed by atoms with van der Waals surface area (Å²) in [6.07, 6.45) is 2.64. The molecule has 166 valence electrons. The number of methoxy groups -OCH3 is 1. The number of nitrogens with zero attached hydrogens (tertiary/aromatic N) is 5. The Bertz CT molecular complexity index is 1470. The molecule has 0 fully saturated rings. The molecular weight excluding hydrogens is 454 g/mol. The van der Waals surface area contributed by atoms with Gasteiger partial charge in [0.15, 0.2) is 5.16 Å². The van der Waals surface area contributed by atoms with Crippen molar-refractivity contribution < 1.29 is 4.74 Å². The van der Waals surface area contributed by atoms with Crippen molar-refractivity contribution in [1.29, 1.82) is 0 Å². The summed E-state index contributed by atoms with van der Waals surface area (Å²) in [5.74, 6) is 1.26. The Hall–Kier alpha value is -3.43. The molecule has 0 aliphatic rings. The van der Waals surface area contributed by atoms with E-state index in [1.165, 1.54) is 27.6 Å². The maximum absolute atomic E-state index is 12.5. The van der Waals surface area contributed by atoms with E-state index < -0.39 is 0 Å². The maximum atomic E-state index is 12.5. The largest absolute Gasteiger partial charge is 0.495 e. The first kappa shape index (κ1) is 21.4. The highest BCUT2D eigenvalue weighted by Gasteiger charge is 2.18. The van der Waals surface area contributed by atoms with Crippen molar-refractivity contribution in [3.8, 4) is 22.7 Å². The van der Waals surface area contributed by atoms with Crippen molar-refractivity contribution in [2.45, 2.75) is 24.3 Å². The number of thioether (sulfide) groups is 1. The summed E-state index contributed by atoms with van der Waals surface area (Å²) in [6, 6.07) is 19.5. The Morgan fingerprint density at radius 3 is 2.67 bits per heavy atom. The Morgan fingerprint density at radius 1 is 1.09 bits per heavy atom. The highest BCUT2D eigenvalue weighted by atomic mass is 32.2. The van der Waals surface area contributed by atoms with Gasteiger partial charge in [0, 0.05) is 17.4 Å². The van der Waals surface area contributed by atoms with Crippen LogP contribution in [0, 0.1) is 0 Å². The summed E-state index contributed by atoms with van der Waals surface area (Å²) >= 11 is 2.98. The minimum atomic E-state index is -0.162. The zero-order chi connectivity index (χ0) is 22.8. The fourth-order valence-corrected chi connectivity index (χ4v) is 5.28. The van der Waals surface area contributed by atoms with Crippen LogP contribution in [0.2, 0.25) is 0 Å². The molecule has 9 heteroatoms. The topological polar surface area (TPSA) is 74.3 Å². The van der Waals surface area contributed by atoms with Crippen molar-refractivity contribution in [2.75, 3.05) is 7.11 Å². The van der Waals surface area contributed by atoms with Crippen molar-refractivity contribution in [3.63, 3.8) is 0 Å². The molecule has 3 aromatic heterocycles. The van der Waals surface area contributed by atoms with Gasteiger partial charge >= 0.3 is 0 Å². The molecule has 0 aliphatic heterocycles. The number of hydrogen-bond donors (Lipinski definition) is 0. The standard InChI is InChI=1S/C24H21N5O2S2/c1-3-21-27-29-22(30)13-17(26-24(29)33-21)15-32-23-25-14-19(16-9-5-4-6-10-16)28(23)18-11-7-8-12-20(18)31-2/h4-14H,3,15H2,1-2H3. The second-order valence-electron chi connectivity index (χ2n) is 7.22. The van der Waals surface area contributed by atoms with Crippen molar-refractivity contribution in [2.24, 2.45) is 0 Å². The fraction of sp³-hybridized carbons (Fsp3) is 0.167. The number of fused-ring (bicyclic) bond motifs is 1. The number of rotatable bonds is 7. The monoisotopic (exact) mass is 475 g/mol. The Labute approximate surface area is 198 Å². The van der Waals surface area contributed by atoms with Crippen LogP contribution < -0.4 is 10.3 Å². The minimum Gasteiger partial charge on any atom is -0.495 e. The van der Waals surface area contributed by atoms with Crippen LogP contribution in [0.5, 0.6) is 5.75 Å². The van der Waals surface area contributed by atoms with E-state index in [0.717, 1.165) is 39.3 Å². The first-order chi connectivity index (χ1) is 16.2. The van der Waals surface area contributed by atoms with E-state index >= 15 is 0 Å². The van der Waals surface area contributed by atoms with Crippen LogP contribution in [-0.2, 0) is 12.2 Å². The Kier molecular flexibility index (Phi) is 5.97. The van der Waals surface area contributed by atoms with E-state index in [4.69, 9.17) is 9.72 Å². The molecule has 0 bridgehead atoms. The van der Waals surface area contributed by atoms with Crippen LogP contribution in [0.3, 0.4) is 0 Å². The Morgan fingerprint density at radius 2 is 1.88 bits per heavy atom. The van der Waals surface area contributed by atoms with Crippen LogP contribution in [0.1, 0.15) is 17.6 Å². The molecule has 0 radical (unpaired) electrons. The van der Waals surface area contributed by atoms with Gasteiger partial charge in [-0.3, -0.25) is 9.36 Å². The molecule has 0 N–H and O–H groups in total. The normalized spacial score (nSPS) is 11.2. The fourth-order valence-electron chi connectivity index (χ4n) is 3.55. The maximum Gasteiger partial charge on any atom is 0.275 e. The number of ether oxygens (including phenoxy) is 1. The van der Waals surface area contributed by atoms with Gasteiger partial charge in [0.2, 0.25) is 4.96 Å². The molecule has 0 aliphatic carbocycles. The van der Waals surface area contributed by atoms with Crippen molar-refractivity contribution >= 4 is 28.1 Å². The van der Waals surface area contributed by atoms with Crippen LogP contribution in [0.25, 0.3) is 21.9 Å². The molecular formula is C24H21N5O2S2. The number of aromatic nitrogens is 5. The van der Waals surface area contributed by atoms with Gasteiger partial charge in [0.25, 0.3) is 5.56 Å². The number of benzene rings is 2. The van der Waals surface area contributed by atoms with Gasteiger partial charge in [-0.05, 0) is 18.6 Å². The molecule has 7 nitrogen and oxygen atoms in total. The summed E-state index contributed by atoms with van der Waals surface area (Å²) in [7, 11) is 1.66. The molecule has 5 aromatic rings. The zero-order valence-electron chi connectivity index (χ0n) is 18.1. The lowest BCUT2D eigenvalue weighted by Gasteiger charge is -2.15. The second kappa shape index (κ2) is 9.21. The first-order valence-corrected chi connectivity index (χ1v) is 12.3. The minimum absolute atomic E-state index is 0.162. The predicted molar refractivity (Wildman–Crippen MR) is 132 cm³/mol. The third kappa shape index (κ3) is 4.17. The summed E-state index contributed by atoms with van der Waals surface area (Å²) in [6.45, 7) is 2.02. The molecule has 0 amide bonds. The van der Waals surface area contributed by atoms with Gasteiger partial charge < -0.3 is 4.74 Å². The zero-order valence-corrected chi connectivity index (χ0v) is 19.8. The average molecular weight is 476 g/mol. The lowest BCUT2D eigenvalue weighted by molar-refractivity contribution is 0.412. The van der Waals surface area contributed by atoms with E-state index in [0.29, 0.717) is 16.4 Å². The van der Waals surface area contributed by atoms with Crippen molar-refractivity contribution in [1.82, 2.24) is 24.1 Å². The summed E-state index contributed by atoms with van der Waals surface area (Å²) in [5, 5.41) is 6.01. The van der Waals surface area contributed by atoms with E-state index in [-0.39, 0.29) is 5.56 Å². The molecule has 0 unspecified atom stereocenters. The van der Waals surface area contributed by atoms with Gasteiger partial charge in [-0.15, -0.1) is 0 Å². The van der Waals surface area contributed by atoms with Crippen molar-refractivity contribution in [3.05, 3.63) is 87.9 Å². The summed E-state index contributed by atoms with van der Waals surface area (Å²) in [4.78, 5) is 22.5. The smallest absolute Gasteiger partial charge is 0.275 e. The van der Waals surface area contributed by atoms with Gasteiger partial charge in [-0.25, -0.2) is 9.97 Å². The number of hydrogen-bond acceptors (Lipinski definition) is 7. The quantitative estimate of drug-likeness (QED) is 0.313. The van der Waals surface area contributed by atoms with E-state index in [9.17, 15) is 4.79 Å². The first-order valence-electron chi connectivity index (χ1n) is 10.5. The molecule has 2 aromatic carbocycles. The SMILES string of the molecule is CCc1nn2c(=O)cc(CSc3ncc(-c4ccccc4)n3-c3ccccc3OC)nc2s1. The highest BCUT2D eigenvalue weighted by molar-refractivity contribution is 7.98. The lowest BCUT2D eigenvalue weighted by Crippen LogP contribution is -2.15. The summed E-state index contributed by atoms with van der Waals surface area (Å²) in [5.41, 5.74) is 3.45. The molecule has 3 heterocycles. The van der Waals surface area contributed by atoms with Crippen LogP contribution >= 0.6 is 23.1 Å². The number of imidazole rings is 1. The summed E-state index contributed by atoms with van der Waals surface area (Å²) < 4.78 is 9.10. The molecule has 0 saturated carbocycles. The molecule has 0 saturated heterocycles. The average Bonchev–Trinajstić information content (AvgIpc) is 3.47. The van der Waals surface area contributed by atoms with Gasteiger partial charge in [-0.2, -0.15) is 9.61 Å². The van der Waals surface area contributed by atoms with Gasteiger partial charge in [0.05, 0.1) is 30.4 Å². The molecule has 0 atom stereocenters. The number of para-hydroxylation sites is 2. The molecule has 5 rings (SSSR count). The third-order valence-electron chi connectivity index (χ3n) is 5.12. The third-order valence-corrected chi connectivity index (χ3v) is 7.16. The molecule has 0 spiro atoms. The Balaban J connectivity index is 1.54. The van der Waals surface area contributed by atoms with Crippen LogP contribution in [0.15, 0.2) is 76.8 Å². The van der Waals surface area contributed by atoms with Gasteiger partial charge in [0.1, 0.15) is 10.8 Å². The molecule has 33 heavy (non-hydrogen) atoms. The van der Waals surface area contributed by atoms with E-state index in [1.54, 1.807) is 13.2 Å².